The van der Waals surface area contributed by atoms with Crippen LogP contribution in [0.2, 0.25) is 0 Å². The molecule has 5 heteroatoms. The second-order valence-corrected chi connectivity index (χ2v) is 5.75. The first-order valence-corrected chi connectivity index (χ1v) is 8.42. The SMILES string of the molecule is COc1ccc(C=NNC(=O)c2ccc(-c3ccccc3)cc2)c(OC)c1. The molecule has 0 radical (unpaired) electrons. The average Bonchev–Trinajstić information content (AvgIpc) is 2.74. The smallest absolute Gasteiger partial charge is 0.271 e. The van der Waals surface area contributed by atoms with Crippen LogP contribution in [0, 0.1) is 0 Å². The summed E-state index contributed by atoms with van der Waals surface area (Å²) in [6.45, 7) is 0. The fraction of sp³-hybridized carbons (Fsp3) is 0.0909. The zero-order valence-electron chi connectivity index (χ0n) is 15.2. The van der Waals surface area contributed by atoms with E-state index in [2.05, 4.69) is 10.5 Å². The number of amides is 1. The molecule has 27 heavy (non-hydrogen) atoms. The molecule has 136 valence electrons. The topological polar surface area (TPSA) is 59.9 Å². The van der Waals surface area contributed by atoms with Gasteiger partial charge in [-0.25, -0.2) is 5.43 Å². The fourth-order valence-corrected chi connectivity index (χ4v) is 2.59. The maximum Gasteiger partial charge on any atom is 0.271 e. The van der Waals surface area contributed by atoms with Gasteiger partial charge in [0.25, 0.3) is 5.91 Å². The molecular formula is C22H20N2O3. The predicted molar refractivity (Wildman–Crippen MR) is 106 cm³/mol. The Morgan fingerprint density at radius 2 is 1.59 bits per heavy atom. The Morgan fingerprint density at radius 1 is 0.889 bits per heavy atom. The predicted octanol–water partition coefficient (Wildman–Crippen LogP) is 4.13. The Kier molecular flexibility index (Phi) is 5.84. The van der Waals surface area contributed by atoms with Gasteiger partial charge in [-0.3, -0.25) is 4.79 Å². The second kappa shape index (κ2) is 8.67. The van der Waals surface area contributed by atoms with Crippen LogP contribution in [0.25, 0.3) is 11.1 Å². The van der Waals surface area contributed by atoms with Crippen LogP contribution in [-0.4, -0.2) is 26.3 Å². The van der Waals surface area contributed by atoms with Gasteiger partial charge in [0.15, 0.2) is 0 Å². The van der Waals surface area contributed by atoms with Crippen molar-refractivity contribution in [3.63, 3.8) is 0 Å². The van der Waals surface area contributed by atoms with Gasteiger partial charge < -0.3 is 9.47 Å². The van der Waals surface area contributed by atoms with Gasteiger partial charge in [-0.05, 0) is 35.4 Å². The van der Waals surface area contributed by atoms with Crippen molar-refractivity contribution in [3.05, 3.63) is 83.9 Å². The molecule has 3 rings (SSSR count). The molecule has 0 unspecified atom stereocenters. The Bertz CT molecular complexity index is 936. The molecule has 0 saturated heterocycles. The lowest BCUT2D eigenvalue weighted by molar-refractivity contribution is 0.0955. The highest BCUT2D eigenvalue weighted by atomic mass is 16.5. The van der Waals surface area contributed by atoms with E-state index in [-0.39, 0.29) is 5.91 Å². The molecule has 0 aliphatic heterocycles. The maximum atomic E-state index is 12.3. The monoisotopic (exact) mass is 360 g/mol. The fourth-order valence-electron chi connectivity index (χ4n) is 2.59. The van der Waals surface area contributed by atoms with Crippen molar-refractivity contribution in [2.75, 3.05) is 14.2 Å². The molecule has 0 saturated carbocycles. The van der Waals surface area contributed by atoms with Crippen molar-refractivity contribution in [1.82, 2.24) is 5.43 Å². The lowest BCUT2D eigenvalue weighted by atomic mass is 10.0. The summed E-state index contributed by atoms with van der Waals surface area (Å²) in [5.41, 5.74) is 5.96. The summed E-state index contributed by atoms with van der Waals surface area (Å²) in [7, 11) is 3.16. The van der Waals surface area contributed by atoms with Crippen LogP contribution < -0.4 is 14.9 Å². The minimum atomic E-state index is -0.279. The largest absolute Gasteiger partial charge is 0.497 e. The van der Waals surface area contributed by atoms with Crippen LogP contribution >= 0.6 is 0 Å². The molecule has 0 aliphatic carbocycles. The van der Waals surface area contributed by atoms with E-state index in [1.807, 2.05) is 48.5 Å². The minimum absolute atomic E-state index is 0.279. The lowest BCUT2D eigenvalue weighted by Crippen LogP contribution is -2.17. The number of nitrogens with one attached hydrogen (secondary N) is 1. The van der Waals surface area contributed by atoms with E-state index >= 15 is 0 Å². The number of benzene rings is 3. The number of methoxy groups -OCH3 is 2. The number of ether oxygens (including phenoxy) is 2. The number of hydrogen-bond donors (Lipinski definition) is 1. The highest BCUT2D eigenvalue weighted by molar-refractivity contribution is 5.95. The number of hydrogen-bond acceptors (Lipinski definition) is 4. The summed E-state index contributed by atoms with van der Waals surface area (Å²) >= 11 is 0. The molecule has 0 bridgehead atoms. The molecule has 0 atom stereocenters. The molecule has 3 aromatic carbocycles. The van der Waals surface area contributed by atoms with Crippen molar-refractivity contribution < 1.29 is 14.3 Å². The molecule has 3 aromatic rings. The van der Waals surface area contributed by atoms with Gasteiger partial charge in [0.2, 0.25) is 0 Å². The first-order valence-electron chi connectivity index (χ1n) is 8.42. The first-order chi connectivity index (χ1) is 13.2. The van der Waals surface area contributed by atoms with E-state index in [9.17, 15) is 4.79 Å². The molecule has 5 nitrogen and oxygen atoms in total. The van der Waals surface area contributed by atoms with Gasteiger partial charge in [0, 0.05) is 17.2 Å². The Balaban J connectivity index is 1.66. The minimum Gasteiger partial charge on any atom is -0.497 e. The standard InChI is InChI=1S/C22H20N2O3/c1-26-20-13-12-19(21(14-20)27-2)15-23-24-22(25)18-10-8-17(9-11-18)16-6-4-3-5-7-16/h3-15H,1-2H3,(H,24,25). The molecule has 0 fully saturated rings. The van der Waals surface area contributed by atoms with Gasteiger partial charge in [0.05, 0.1) is 20.4 Å². The van der Waals surface area contributed by atoms with E-state index in [1.54, 1.807) is 38.5 Å². The van der Waals surface area contributed by atoms with E-state index in [0.717, 1.165) is 16.7 Å². The Labute approximate surface area is 158 Å². The molecule has 0 heterocycles. The summed E-state index contributed by atoms with van der Waals surface area (Å²) in [4.78, 5) is 12.3. The van der Waals surface area contributed by atoms with Gasteiger partial charge in [-0.2, -0.15) is 5.10 Å². The van der Waals surface area contributed by atoms with Crippen molar-refractivity contribution in [1.29, 1.82) is 0 Å². The quantitative estimate of drug-likeness (QED) is 0.531. The van der Waals surface area contributed by atoms with E-state index in [0.29, 0.717) is 17.1 Å². The highest BCUT2D eigenvalue weighted by Gasteiger charge is 2.06. The van der Waals surface area contributed by atoms with Crippen LogP contribution in [0.1, 0.15) is 15.9 Å². The number of carbonyl (C=O) groups is 1. The van der Waals surface area contributed by atoms with Crippen molar-refractivity contribution >= 4 is 12.1 Å². The number of nitrogens with zero attached hydrogens (tertiary/aromatic N) is 1. The summed E-state index contributed by atoms with van der Waals surface area (Å²) in [6, 6.07) is 22.8. The molecule has 0 spiro atoms. The Hall–Kier alpha value is -3.60. The number of hydrazone groups is 1. The highest BCUT2D eigenvalue weighted by Crippen LogP contribution is 2.23. The third kappa shape index (κ3) is 4.52. The van der Waals surface area contributed by atoms with Crippen LogP contribution in [-0.2, 0) is 0 Å². The maximum absolute atomic E-state index is 12.3. The molecular weight excluding hydrogens is 340 g/mol. The van der Waals surface area contributed by atoms with Crippen LogP contribution in [0.15, 0.2) is 77.9 Å². The van der Waals surface area contributed by atoms with Gasteiger partial charge in [-0.15, -0.1) is 0 Å². The number of carbonyl (C=O) groups excluding carboxylic acids is 1. The molecule has 0 aliphatic rings. The summed E-state index contributed by atoms with van der Waals surface area (Å²) in [5, 5.41) is 4.02. The average molecular weight is 360 g/mol. The lowest BCUT2D eigenvalue weighted by Gasteiger charge is -2.07. The van der Waals surface area contributed by atoms with Gasteiger partial charge in [-0.1, -0.05) is 42.5 Å². The van der Waals surface area contributed by atoms with Crippen LogP contribution in [0.5, 0.6) is 11.5 Å². The summed E-state index contributed by atoms with van der Waals surface area (Å²) < 4.78 is 10.5. The first kappa shape index (κ1) is 18.2. The molecule has 0 aromatic heterocycles. The van der Waals surface area contributed by atoms with Crippen molar-refractivity contribution in [2.24, 2.45) is 5.10 Å². The van der Waals surface area contributed by atoms with E-state index < -0.39 is 0 Å². The van der Waals surface area contributed by atoms with Gasteiger partial charge in [0.1, 0.15) is 11.5 Å². The summed E-state index contributed by atoms with van der Waals surface area (Å²) in [6.07, 6.45) is 1.54. The normalized spacial score (nSPS) is 10.6. The van der Waals surface area contributed by atoms with Crippen LogP contribution in [0.4, 0.5) is 0 Å². The van der Waals surface area contributed by atoms with Gasteiger partial charge >= 0.3 is 0 Å². The third-order valence-electron chi connectivity index (χ3n) is 4.06. The van der Waals surface area contributed by atoms with Crippen molar-refractivity contribution in [3.8, 4) is 22.6 Å². The Morgan fingerprint density at radius 3 is 2.26 bits per heavy atom. The summed E-state index contributed by atoms with van der Waals surface area (Å²) in [5.74, 6) is 1.02. The zero-order valence-corrected chi connectivity index (χ0v) is 15.2. The third-order valence-corrected chi connectivity index (χ3v) is 4.06. The molecule has 1 amide bonds. The van der Waals surface area contributed by atoms with E-state index in [1.165, 1.54) is 6.21 Å². The van der Waals surface area contributed by atoms with E-state index in [4.69, 9.17) is 9.47 Å². The second-order valence-electron chi connectivity index (χ2n) is 5.75. The number of rotatable bonds is 6. The van der Waals surface area contributed by atoms with Crippen LogP contribution in [0.3, 0.4) is 0 Å². The molecule has 1 N–H and O–H groups in total. The zero-order chi connectivity index (χ0) is 19.1. The van der Waals surface area contributed by atoms with Crippen molar-refractivity contribution in [2.45, 2.75) is 0 Å².